The zero-order chi connectivity index (χ0) is 47.5. The fraction of sp³-hybridized carbons (Fsp3) is 0.509. The number of carbonyl (C=O) groups is 4. The van der Waals surface area contributed by atoms with Crippen LogP contribution in [0.1, 0.15) is 126 Å². The Hall–Kier alpha value is -6.18. The highest BCUT2D eigenvalue weighted by Gasteiger charge is 2.48. The summed E-state index contributed by atoms with van der Waals surface area (Å²) in [7, 11) is 2.63. The third-order valence-electron chi connectivity index (χ3n) is 14.5. The molecule has 0 unspecified atom stereocenters. The van der Waals surface area contributed by atoms with Crippen molar-refractivity contribution in [3.05, 3.63) is 94.7 Å². The van der Waals surface area contributed by atoms with E-state index in [1.165, 1.54) is 42.0 Å². The molecular formula is C53H68N8O6. The SMILES string of the molecule is CCc1ccc(CCc2ccc(C)cc2-c2ccc3nc([C@@H]4C[C@@H]5CCCC[C@@H]5N4C(=O)[C@@H](NC(=O)OC)C(C)C)[nH]c3c2)cc1-c1cnc([C@@H]2CCCN2C(=O)[C@@H](NC(=O)OC)C(C)C)[nH]1. The Balaban J connectivity index is 1.02. The van der Waals surface area contributed by atoms with E-state index in [1.54, 1.807) is 0 Å². The lowest BCUT2D eigenvalue weighted by molar-refractivity contribution is -0.138. The first kappa shape index (κ1) is 47.3. The highest BCUT2D eigenvalue weighted by atomic mass is 16.5. The maximum Gasteiger partial charge on any atom is 0.407 e. The number of alkyl carbamates (subject to hydrolysis) is 2. The molecule has 3 fully saturated rings. The second kappa shape index (κ2) is 20.4. The molecule has 0 spiro atoms. The first-order chi connectivity index (χ1) is 32.3. The Morgan fingerprint density at radius 1 is 0.761 bits per heavy atom. The minimum Gasteiger partial charge on any atom is -0.453 e. The predicted octanol–water partition coefficient (Wildman–Crippen LogP) is 9.53. The number of nitrogens with zero attached hydrogens (tertiary/aromatic N) is 4. The minimum absolute atomic E-state index is 0.0764. The van der Waals surface area contributed by atoms with Crippen LogP contribution in [0.5, 0.6) is 0 Å². The molecule has 2 aliphatic heterocycles. The highest BCUT2D eigenvalue weighted by Crippen LogP contribution is 2.47. The van der Waals surface area contributed by atoms with Gasteiger partial charge in [-0.05, 0) is 122 Å². The van der Waals surface area contributed by atoms with E-state index in [1.807, 2.05) is 43.7 Å². The van der Waals surface area contributed by atoms with E-state index in [2.05, 4.69) is 89.0 Å². The molecule has 0 bridgehead atoms. The van der Waals surface area contributed by atoms with Gasteiger partial charge in [-0.15, -0.1) is 0 Å². The standard InChI is InChI=1S/C53H68N8O6/c1-9-34-20-17-33(26-39(34)42-29-54-48(57-42)44-15-12-24-60(44)50(62)46(30(2)3)58-52(64)66-7)18-21-35-19-16-32(6)25-38(35)36-22-23-40-41(27-36)56-49(55-40)45-28-37-13-10-11-14-43(37)61(45)51(63)47(31(4)5)59-53(65)67-8/h16-17,19-20,22-23,25-27,29-31,37,43-47H,9-15,18,21,24,28H2,1-8H3,(H,54,57)(H,55,56)(H,58,64)(H,59,65)/t37-,43-,44-,45-,46-,47-/m0/s1. The fourth-order valence-corrected chi connectivity index (χ4v) is 10.9. The van der Waals surface area contributed by atoms with Gasteiger partial charge in [0.25, 0.3) is 0 Å². The quantitative estimate of drug-likeness (QED) is 0.0852. The van der Waals surface area contributed by atoms with Gasteiger partial charge in [0, 0.05) is 18.2 Å². The van der Waals surface area contributed by atoms with Crippen LogP contribution in [0.3, 0.4) is 0 Å². The molecule has 67 heavy (non-hydrogen) atoms. The van der Waals surface area contributed by atoms with Crippen LogP contribution in [0.4, 0.5) is 9.59 Å². The number of H-pyrrole nitrogens is 2. The van der Waals surface area contributed by atoms with Crippen molar-refractivity contribution in [1.82, 2.24) is 40.4 Å². The second-order valence-electron chi connectivity index (χ2n) is 19.6. The smallest absolute Gasteiger partial charge is 0.407 e. The number of carbonyl (C=O) groups excluding carboxylic acids is 4. The Labute approximate surface area is 394 Å². The van der Waals surface area contributed by atoms with E-state index in [0.29, 0.717) is 12.5 Å². The molecule has 4 N–H and O–H groups in total. The number of hydrogen-bond acceptors (Lipinski definition) is 8. The molecule has 14 nitrogen and oxygen atoms in total. The molecule has 356 valence electrons. The largest absolute Gasteiger partial charge is 0.453 e. The van der Waals surface area contributed by atoms with Crippen molar-refractivity contribution in [2.75, 3.05) is 20.8 Å². The summed E-state index contributed by atoms with van der Waals surface area (Å²) in [5.74, 6) is 1.50. The van der Waals surface area contributed by atoms with Crippen LogP contribution >= 0.6 is 0 Å². The number of ether oxygens (including phenoxy) is 2. The van der Waals surface area contributed by atoms with Gasteiger partial charge in [0.2, 0.25) is 11.8 Å². The molecule has 2 saturated heterocycles. The van der Waals surface area contributed by atoms with Crippen molar-refractivity contribution in [1.29, 1.82) is 0 Å². The van der Waals surface area contributed by atoms with Gasteiger partial charge in [0.05, 0.1) is 49.2 Å². The topological polar surface area (TPSA) is 175 Å². The molecule has 8 rings (SSSR count). The van der Waals surface area contributed by atoms with Crippen LogP contribution in [0.2, 0.25) is 0 Å². The summed E-state index contributed by atoms with van der Waals surface area (Å²) in [5, 5.41) is 5.56. The Morgan fingerprint density at radius 3 is 2.19 bits per heavy atom. The molecule has 0 radical (unpaired) electrons. The third kappa shape index (κ3) is 9.94. The molecule has 14 heteroatoms. The third-order valence-corrected chi connectivity index (χ3v) is 14.5. The molecule has 6 atom stereocenters. The van der Waals surface area contributed by atoms with Crippen LogP contribution in [-0.4, -0.2) is 92.6 Å². The molecule has 1 saturated carbocycles. The van der Waals surface area contributed by atoms with Crippen molar-refractivity contribution < 1.29 is 28.7 Å². The van der Waals surface area contributed by atoms with Crippen molar-refractivity contribution in [2.24, 2.45) is 17.8 Å². The summed E-state index contributed by atoms with van der Waals surface area (Å²) in [6, 6.07) is 18.1. The van der Waals surface area contributed by atoms with Gasteiger partial charge in [0.15, 0.2) is 0 Å². The van der Waals surface area contributed by atoms with E-state index < -0.39 is 24.3 Å². The number of rotatable bonds is 14. The molecule has 3 aromatic carbocycles. The fourth-order valence-electron chi connectivity index (χ4n) is 10.9. The second-order valence-corrected chi connectivity index (χ2v) is 19.6. The van der Waals surface area contributed by atoms with Crippen molar-refractivity contribution >= 4 is 35.0 Å². The molecule has 4 amide bonds. The maximum absolute atomic E-state index is 14.4. The summed E-state index contributed by atoms with van der Waals surface area (Å²) >= 11 is 0. The van der Waals surface area contributed by atoms with E-state index in [0.717, 1.165) is 104 Å². The number of imidazole rings is 2. The van der Waals surface area contributed by atoms with Gasteiger partial charge in [-0.3, -0.25) is 9.59 Å². The van der Waals surface area contributed by atoms with Crippen LogP contribution in [0, 0.1) is 24.7 Å². The summed E-state index contributed by atoms with van der Waals surface area (Å²) in [6.07, 6.45) is 9.92. The predicted molar refractivity (Wildman–Crippen MR) is 259 cm³/mol. The van der Waals surface area contributed by atoms with Gasteiger partial charge in [-0.2, -0.15) is 0 Å². The monoisotopic (exact) mass is 913 g/mol. The number of hydrogen-bond donors (Lipinski definition) is 4. The summed E-state index contributed by atoms with van der Waals surface area (Å²) in [5.41, 5.74) is 10.9. The number of aromatic nitrogens is 4. The lowest BCUT2D eigenvalue weighted by Crippen LogP contribution is -2.53. The average molecular weight is 913 g/mol. The number of likely N-dealkylation sites (tertiary alicyclic amines) is 2. The van der Waals surface area contributed by atoms with E-state index in [4.69, 9.17) is 19.4 Å². The lowest BCUT2D eigenvalue weighted by Gasteiger charge is -2.36. The van der Waals surface area contributed by atoms with Crippen molar-refractivity contribution in [3.8, 4) is 22.4 Å². The lowest BCUT2D eigenvalue weighted by atomic mass is 9.84. The molecule has 2 aromatic heterocycles. The Morgan fingerprint density at radius 2 is 1.48 bits per heavy atom. The number of methoxy groups -OCH3 is 2. The van der Waals surface area contributed by atoms with Gasteiger partial charge < -0.3 is 39.9 Å². The first-order valence-corrected chi connectivity index (χ1v) is 24.4. The molecule has 4 heterocycles. The normalized spacial score (nSPS) is 20.3. The molecular weight excluding hydrogens is 845 g/mol. The first-order valence-electron chi connectivity index (χ1n) is 24.4. The van der Waals surface area contributed by atoms with Crippen LogP contribution in [0.15, 0.2) is 60.8 Å². The average Bonchev–Trinajstić information content (AvgIpc) is 4.16. The van der Waals surface area contributed by atoms with Gasteiger partial charge in [-0.25, -0.2) is 19.6 Å². The van der Waals surface area contributed by atoms with E-state index >= 15 is 0 Å². The zero-order valence-electron chi connectivity index (χ0n) is 40.4. The number of aromatic amines is 2. The molecule has 5 aromatic rings. The van der Waals surface area contributed by atoms with Crippen LogP contribution in [-0.2, 0) is 38.3 Å². The van der Waals surface area contributed by atoms with Gasteiger partial charge >= 0.3 is 12.2 Å². The maximum atomic E-state index is 14.4. The van der Waals surface area contributed by atoms with Gasteiger partial charge in [0.1, 0.15) is 23.7 Å². The zero-order valence-corrected chi connectivity index (χ0v) is 40.4. The minimum atomic E-state index is -0.699. The number of nitrogens with one attached hydrogen (secondary N) is 4. The number of amides is 4. The summed E-state index contributed by atoms with van der Waals surface area (Å²) in [6.45, 7) is 12.6. The number of fused-ring (bicyclic) bond motifs is 2. The Kier molecular flexibility index (Phi) is 14.4. The van der Waals surface area contributed by atoms with Crippen LogP contribution < -0.4 is 10.6 Å². The van der Waals surface area contributed by atoms with Crippen molar-refractivity contribution in [2.45, 2.75) is 136 Å². The van der Waals surface area contributed by atoms with Gasteiger partial charge in [-0.1, -0.05) is 89.4 Å². The number of aryl methyl sites for hydroxylation is 4. The van der Waals surface area contributed by atoms with E-state index in [-0.39, 0.29) is 41.8 Å². The number of benzene rings is 3. The summed E-state index contributed by atoms with van der Waals surface area (Å²) < 4.78 is 9.73. The molecule has 3 aliphatic rings. The van der Waals surface area contributed by atoms with Crippen LogP contribution in [0.25, 0.3) is 33.4 Å². The summed E-state index contributed by atoms with van der Waals surface area (Å²) in [4.78, 5) is 73.8. The van der Waals surface area contributed by atoms with Crippen molar-refractivity contribution in [3.63, 3.8) is 0 Å². The molecule has 1 aliphatic carbocycles. The van der Waals surface area contributed by atoms with E-state index in [9.17, 15) is 19.2 Å². The highest BCUT2D eigenvalue weighted by molar-refractivity contribution is 5.88. The Bertz CT molecular complexity index is 2600.